The Balaban J connectivity index is 1.86. The molecular formula is C22H27NO4. The lowest BCUT2D eigenvalue weighted by molar-refractivity contribution is -0.124. The second kappa shape index (κ2) is 8.71. The summed E-state index contributed by atoms with van der Waals surface area (Å²) in [6, 6.07) is 14.5. The number of nitrogens with one attached hydrogen (secondary N) is 1. The van der Waals surface area contributed by atoms with Crippen LogP contribution in [-0.4, -0.2) is 25.6 Å². The Morgan fingerprint density at radius 3 is 2.11 bits per heavy atom. The van der Waals surface area contributed by atoms with Crippen LogP contribution in [0.1, 0.15) is 55.2 Å². The van der Waals surface area contributed by atoms with Gasteiger partial charge in [0.25, 0.3) is 5.91 Å². The normalized spacial score (nSPS) is 12.2. The van der Waals surface area contributed by atoms with E-state index in [9.17, 15) is 9.59 Å². The largest absolute Gasteiger partial charge is 0.497 e. The van der Waals surface area contributed by atoms with Gasteiger partial charge < -0.3 is 14.8 Å². The number of rotatable bonds is 6. The minimum Gasteiger partial charge on any atom is -0.497 e. The molecule has 0 saturated carbocycles. The van der Waals surface area contributed by atoms with E-state index in [1.54, 1.807) is 19.2 Å². The fourth-order valence-corrected chi connectivity index (χ4v) is 2.58. The van der Waals surface area contributed by atoms with Gasteiger partial charge in [-0.05, 0) is 47.7 Å². The molecule has 2 aromatic carbocycles. The Bertz CT molecular complexity index is 773. The highest BCUT2D eigenvalue weighted by atomic mass is 16.5. The number of carbonyl (C=O) groups is 2. The summed E-state index contributed by atoms with van der Waals surface area (Å²) in [5.41, 5.74) is 2.51. The summed E-state index contributed by atoms with van der Waals surface area (Å²) in [4.78, 5) is 24.2. The van der Waals surface area contributed by atoms with Crippen LogP contribution in [0.3, 0.4) is 0 Å². The van der Waals surface area contributed by atoms with Crippen molar-refractivity contribution in [3.05, 3.63) is 65.2 Å². The number of benzene rings is 2. The van der Waals surface area contributed by atoms with Crippen molar-refractivity contribution < 1.29 is 19.1 Å². The van der Waals surface area contributed by atoms with Crippen LogP contribution in [0, 0.1) is 0 Å². The van der Waals surface area contributed by atoms with Crippen LogP contribution in [-0.2, 0) is 14.9 Å². The lowest BCUT2D eigenvalue weighted by Crippen LogP contribution is -2.31. The van der Waals surface area contributed by atoms with Gasteiger partial charge in [0.15, 0.2) is 6.61 Å². The molecule has 0 radical (unpaired) electrons. The molecule has 1 N–H and O–H groups in total. The predicted molar refractivity (Wildman–Crippen MR) is 105 cm³/mol. The first-order valence-corrected chi connectivity index (χ1v) is 8.91. The smallest absolute Gasteiger partial charge is 0.338 e. The standard InChI is InChI=1S/C22H27NO4/c1-15(16-8-12-19(26-5)13-9-16)23-20(24)14-27-21(25)17-6-10-18(11-7-17)22(2,3)4/h6-13,15H,14H2,1-5H3,(H,23,24)/t15-/m1/s1. The lowest BCUT2D eigenvalue weighted by Gasteiger charge is -2.19. The number of amides is 1. The van der Waals surface area contributed by atoms with E-state index < -0.39 is 5.97 Å². The highest BCUT2D eigenvalue weighted by Crippen LogP contribution is 2.22. The Morgan fingerprint density at radius 1 is 1.00 bits per heavy atom. The molecule has 2 rings (SSSR count). The third-order valence-corrected chi connectivity index (χ3v) is 4.31. The quantitative estimate of drug-likeness (QED) is 0.781. The van der Waals surface area contributed by atoms with Crippen LogP contribution < -0.4 is 10.1 Å². The van der Waals surface area contributed by atoms with Gasteiger partial charge in [0.05, 0.1) is 18.7 Å². The number of hydrogen-bond donors (Lipinski definition) is 1. The third-order valence-electron chi connectivity index (χ3n) is 4.31. The van der Waals surface area contributed by atoms with E-state index in [0.717, 1.165) is 16.9 Å². The first-order chi connectivity index (χ1) is 12.7. The fourth-order valence-electron chi connectivity index (χ4n) is 2.58. The number of hydrogen-bond acceptors (Lipinski definition) is 4. The SMILES string of the molecule is COc1ccc([C@@H](C)NC(=O)COC(=O)c2ccc(C(C)(C)C)cc2)cc1. The molecule has 0 heterocycles. The lowest BCUT2D eigenvalue weighted by atomic mass is 9.87. The molecule has 0 spiro atoms. The van der Waals surface area contributed by atoms with Crippen molar-refractivity contribution in [1.29, 1.82) is 0 Å². The van der Waals surface area contributed by atoms with Crippen molar-refractivity contribution in [2.75, 3.05) is 13.7 Å². The fraction of sp³-hybridized carbons (Fsp3) is 0.364. The monoisotopic (exact) mass is 369 g/mol. The summed E-state index contributed by atoms with van der Waals surface area (Å²) in [5, 5.41) is 2.81. The highest BCUT2D eigenvalue weighted by molar-refractivity contribution is 5.91. The van der Waals surface area contributed by atoms with E-state index in [-0.39, 0.29) is 24.0 Å². The molecule has 5 heteroatoms. The topological polar surface area (TPSA) is 64.6 Å². The molecule has 0 aliphatic carbocycles. The maximum Gasteiger partial charge on any atom is 0.338 e. The molecule has 27 heavy (non-hydrogen) atoms. The van der Waals surface area contributed by atoms with Crippen molar-refractivity contribution in [2.45, 2.75) is 39.2 Å². The van der Waals surface area contributed by atoms with Crippen molar-refractivity contribution in [1.82, 2.24) is 5.32 Å². The van der Waals surface area contributed by atoms with Crippen molar-refractivity contribution >= 4 is 11.9 Å². The van der Waals surface area contributed by atoms with E-state index in [4.69, 9.17) is 9.47 Å². The van der Waals surface area contributed by atoms with Gasteiger partial charge in [-0.2, -0.15) is 0 Å². The van der Waals surface area contributed by atoms with Crippen LogP contribution in [0.15, 0.2) is 48.5 Å². The summed E-state index contributed by atoms with van der Waals surface area (Å²) in [6.07, 6.45) is 0. The van der Waals surface area contributed by atoms with Crippen LogP contribution in [0.5, 0.6) is 5.75 Å². The molecule has 0 aromatic heterocycles. The first-order valence-electron chi connectivity index (χ1n) is 8.91. The van der Waals surface area contributed by atoms with Crippen molar-refractivity contribution in [3.8, 4) is 5.75 Å². The Kier molecular flexibility index (Phi) is 6.61. The molecule has 0 unspecified atom stereocenters. The molecule has 1 amide bonds. The molecule has 1 atom stereocenters. The van der Waals surface area contributed by atoms with Gasteiger partial charge in [-0.15, -0.1) is 0 Å². The summed E-state index contributed by atoms with van der Waals surface area (Å²) >= 11 is 0. The molecule has 5 nitrogen and oxygen atoms in total. The van der Waals surface area contributed by atoms with E-state index >= 15 is 0 Å². The number of ether oxygens (including phenoxy) is 2. The molecule has 0 aliphatic rings. The summed E-state index contributed by atoms with van der Waals surface area (Å²) in [5.74, 6) is -0.107. The summed E-state index contributed by atoms with van der Waals surface area (Å²) < 4.78 is 10.2. The highest BCUT2D eigenvalue weighted by Gasteiger charge is 2.16. The second-order valence-electron chi connectivity index (χ2n) is 7.47. The maximum absolute atomic E-state index is 12.1. The van der Waals surface area contributed by atoms with Gasteiger partial charge >= 0.3 is 5.97 Å². The van der Waals surface area contributed by atoms with E-state index in [0.29, 0.717) is 5.56 Å². The minimum atomic E-state index is -0.511. The van der Waals surface area contributed by atoms with E-state index in [1.165, 1.54) is 0 Å². The molecule has 144 valence electrons. The molecular weight excluding hydrogens is 342 g/mol. The zero-order valence-corrected chi connectivity index (χ0v) is 16.5. The Morgan fingerprint density at radius 2 is 1.59 bits per heavy atom. The summed E-state index contributed by atoms with van der Waals surface area (Å²) in [7, 11) is 1.60. The average molecular weight is 369 g/mol. The van der Waals surface area contributed by atoms with Gasteiger partial charge in [-0.25, -0.2) is 4.79 Å². The Labute approximate surface area is 160 Å². The third kappa shape index (κ3) is 5.84. The first kappa shape index (κ1) is 20.5. The van der Waals surface area contributed by atoms with E-state index in [1.807, 2.05) is 43.3 Å². The minimum absolute atomic E-state index is 0.0138. The number of esters is 1. The Hall–Kier alpha value is -2.82. The van der Waals surface area contributed by atoms with Crippen molar-refractivity contribution in [2.24, 2.45) is 0 Å². The van der Waals surface area contributed by atoms with Crippen LogP contribution >= 0.6 is 0 Å². The molecule has 0 bridgehead atoms. The molecule has 0 fully saturated rings. The van der Waals surface area contributed by atoms with Crippen LogP contribution in [0.25, 0.3) is 0 Å². The van der Waals surface area contributed by atoms with Crippen LogP contribution in [0.2, 0.25) is 0 Å². The van der Waals surface area contributed by atoms with Gasteiger partial charge in [-0.3, -0.25) is 4.79 Å². The van der Waals surface area contributed by atoms with Gasteiger partial charge in [0.1, 0.15) is 5.75 Å². The van der Waals surface area contributed by atoms with Gasteiger partial charge in [0.2, 0.25) is 0 Å². The molecule has 0 saturated heterocycles. The average Bonchev–Trinajstić information content (AvgIpc) is 2.65. The van der Waals surface area contributed by atoms with E-state index in [2.05, 4.69) is 26.1 Å². The number of carbonyl (C=O) groups excluding carboxylic acids is 2. The zero-order chi connectivity index (χ0) is 20.0. The van der Waals surface area contributed by atoms with Gasteiger partial charge in [-0.1, -0.05) is 45.0 Å². The molecule has 2 aromatic rings. The predicted octanol–water partition coefficient (Wildman–Crippen LogP) is 4.03. The second-order valence-corrected chi connectivity index (χ2v) is 7.47. The maximum atomic E-state index is 12.1. The zero-order valence-electron chi connectivity index (χ0n) is 16.5. The van der Waals surface area contributed by atoms with Gasteiger partial charge in [0, 0.05) is 0 Å². The number of methoxy groups -OCH3 is 1. The van der Waals surface area contributed by atoms with Crippen molar-refractivity contribution in [3.63, 3.8) is 0 Å². The summed E-state index contributed by atoms with van der Waals surface area (Å²) in [6.45, 7) is 7.87. The van der Waals surface area contributed by atoms with Crippen LogP contribution in [0.4, 0.5) is 0 Å². The molecule has 0 aliphatic heterocycles.